The minimum absolute atomic E-state index is 0.146. The van der Waals surface area contributed by atoms with E-state index in [4.69, 9.17) is 7.48 Å². The van der Waals surface area contributed by atoms with E-state index in [9.17, 15) is 9.50 Å². The third-order valence-corrected chi connectivity index (χ3v) is 8.21. The molecule has 2 N–H and O–H groups in total. The van der Waals surface area contributed by atoms with E-state index in [1.807, 2.05) is 16.8 Å². The molecule has 5 heterocycles. The van der Waals surface area contributed by atoms with Gasteiger partial charge in [-0.15, -0.1) is 0 Å². The number of benzene rings is 2. The first-order chi connectivity index (χ1) is 20.1. The van der Waals surface area contributed by atoms with E-state index in [-0.39, 0.29) is 56.8 Å². The lowest BCUT2D eigenvalue weighted by Crippen LogP contribution is -2.51. The molecule has 208 valence electrons. The molecule has 2 bridgehead atoms. The van der Waals surface area contributed by atoms with Crippen LogP contribution in [-0.4, -0.2) is 76.3 Å². The summed E-state index contributed by atoms with van der Waals surface area (Å²) in [5.41, 5.74) is -0.690. The van der Waals surface area contributed by atoms with Crippen molar-refractivity contribution in [3.05, 3.63) is 47.9 Å². The number of phenols is 1. The van der Waals surface area contributed by atoms with Crippen molar-refractivity contribution in [2.45, 2.75) is 43.8 Å². The smallest absolute Gasteiger partial charge is 0.319 e. The lowest BCUT2D eigenvalue weighted by Gasteiger charge is -2.34. The van der Waals surface area contributed by atoms with Gasteiger partial charge in [-0.1, -0.05) is 6.07 Å². The molecule has 3 aliphatic rings. The van der Waals surface area contributed by atoms with Crippen molar-refractivity contribution in [1.82, 2.24) is 25.2 Å². The van der Waals surface area contributed by atoms with Gasteiger partial charge in [0, 0.05) is 48.4 Å². The summed E-state index contributed by atoms with van der Waals surface area (Å²) in [4.78, 5) is 17.1. The monoisotopic (exact) mass is 552 g/mol. The molecule has 2 aromatic carbocycles. The summed E-state index contributed by atoms with van der Waals surface area (Å²) in [6.07, 6.45) is 4.76. The highest BCUT2D eigenvalue weighted by atomic mass is 19.2. The van der Waals surface area contributed by atoms with Crippen LogP contribution in [0, 0.1) is 17.5 Å². The predicted octanol–water partition coefficient (Wildman–Crippen LogP) is 4.38. The van der Waals surface area contributed by atoms with Crippen LogP contribution in [-0.2, 0) is 0 Å². The van der Waals surface area contributed by atoms with Gasteiger partial charge < -0.3 is 25.0 Å². The van der Waals surface area contributed by atoms with Crippen molar-refractivity contribution in [1.29, 1.82) is 0 Å². The molecule has 3 aliphatic heterocycles. The normalized spacial score (nSPS) is 24.1. The number of pyridine rings is 1. The van der Waals surface area contributed by atoms with Crippen molar-refractivity contribution in [3.63, 3.8) is 0 Å². The molecule has 3 atom stereocenters. The van der Waals surface area contributed by atoms with E-state index in [2.05, 4.69) is 20.3 Å². The van der Waals surface area contributed by atoms with Crippen LogP contribution in [0.15, 0.2) is 30.5 Å². The standard InChI is InChI=1S/C29H29F3N6O2/c1-37-8-2-3-18(37)14-40-29-35-27-21(28(36-29)38-12-16-5-6-17(13-38)34-16)11-33-26(25(27)32)20-10-19(39)9-15-4-7-22(30)24(31)23(15)20/h4,7,9-11,16-18,34,39H,2-3,5-6,8,12-14H2,1H3/t16-,17+,18-/m0/s1/i14D2. The van der Waals surface area contributed by atoms with Crippen LogP contribution in [0.2, 0.25) is 0 Å². The number of phenolic OH excluding ortho intramolecular Hbond substituents is 1. The molecule has 0 aliphatic carbocycles. The van der Waals surface area contributed by atoms with E-state index in [0.29, 0.717) is 25.3 Å². The van der Waals surface area contributed by atoms with Gasteiger partial charge in [0.15, 0.2) is 17.5 Å². The predicted molar refractivity (Wildman–Crippen MR) is 145 cm³/mol. The summed E-state index contributed by atoms with van der Waals surface area (Å²) in [6, 6.07) is 4.20. The van der Waals surface area contributed by atoms with Crippen LogP contribution in [0.4, 0.5) is 19.0 Å². The maximum absolute atomic E-state index is 16.5. The zero-order chi connectivity index (χ0) is 29.3. The molecule has 11 heteroatoms. The highest BCUT2D eigenvalue weighted by Gasteiger charge is 2.34. The Hall–Kier alpha value is -3.70. The van der Waals surface area contributed by atoms with E-state index in [1.165, 1.54) is 18.3 Å². The average molecular weight is 553 g/mol. The summed E-state index contributed by atoms with van der Waals surface area (Å²) in [6.45, 7) is -0.233. The van der Waals surface area contributed by atoms with E-state index < -0.39 is 30.1 Å². The molecule has 3 saturated heterocycles. The lowest BCUT2D eigenvalue weighted by molar-refractivity contribution is 0.188. The van der Waals surface area contributed by atoms with Gasteiger partial charge in [-0.2, -0.15) is 9.97 Å². The first-order valence-corrected chi connectivity index (χ1v) is 13.5. The second-order valence-electron chi connectivity index (χ2n) is 10.9. The number of nitrogens with zero attached hydrogens (tertiary/aromatic N) is 5. The summed E-state index contributed by atoms with van der Waals surface area (Å²) < 4.78 is 68.9. The van der Waals surface area contributed by atoms with Crippen LogP contribution < -0.4 is 15.0 Å². The maximum atomic E-state index is 16.5. The second kappa shape index (κ2) is 9.74. The van der Waals surface area contributed by atoms with Crippen LogP contribution >= 0.6 is 0 Å². The van der Waals surface area contributed by atoms with Gasteiger partial charge in [-0.05, 0) is 62.9 Å². The topological polar surface area (TPSA) is 86.6 Å². The fourth-order valence-corrected chi connectivity index (χ4v) is 6.21. The number of piperazine rings is 1. The number of likely N-dealkylation sites (N-methyl/N-ethyl adjacent to an activating group) is 1. The van der Waals surface area contributed by atoms with E-state index in [0.717, 1.165) is 37.9 Å². The number of fused-ring (bicyclic) bond motifs is 4. The largest absolute Gasteiger partial charge is 0.508 e. The van der Waals surface area contributed by atoms with Gasteiger partial charge in [-0.25, -0.2) is 13.2 Å². The van der Waals surface area contributed by atoms with E-state index in [1.54, 1.807) is 0 Å². The number of nitrogens with one attached hydrogen (secondary N) is 1. The fraction of sp³-hybridized carbons (Fsp3) is 0.414. The van der Waals surface area contributed by atoms with E-state index >= 15 is 8.78 Å². The lowest BCUT2D eigenvalue weighted by atomic mass is 9.99. The van der Waals surface area contributed by atoms with Crippen molar-refractivity contribution in [2.24, 2.45) is 0 Å². The summed E-state index contributed by atoms with van der Waals surface area (Å²) in [5, 5.41) is 14.1. The second-order valence-corrected chi connectivity index (χ2v) is 10.9. The molecule has 7 rings (SSSR count). The highest BCUT2D eigenvalue weighted by Crippen LogP contribution is 2.39. The van der Waals surface area contributed by atoms with Crippen LogP contribution in [0.25, 0.3) is 32.9 Å². The molecule has 3 fully saturated rings. The van der Waals surface area contributed by atoms with Gasteiger partial charge >= 0.3 is 6.01 Å². The van der Waals surface area contributed by atoms with Crippen molar-refractivity contribution < 1.29 is 25.8 Å². The number of hydrogen-bond donors (Lipinski definition) is 2. The number of rotatable bonds is 5. The Morgan fingerprint density at radius 2 is 1.90 bits per heavy atom. The number of aromatic nitrogens is 3. The Kier molecular flexibility index (Phi) is 5.61. The highest BCUT2D eigenvalue weighted by molar-refractivity contribution is 6.00. The summed E-state index contributed by atoms with van der Waals surface area (Å²) >= 11 is 0. The molecular weight excluding hydrogens is 521 g/mol. The zero-order valence-corrected chi connectivity index (χ0v) is 21.8. The molecule has 2 aromatic heterocycles. The third kappa shape index (κ3) is 4.28. The van der Waals surface area contributed by atoms with Gasteiger partial charge in [0.2, 0.25) is 0 Å². The molecule has 40 heavy (non-hydrogen) atoms. The molecule has 0 radical (unpaired) electrons. The van der Waals surface area contributed by atoms with Crippen molar-refractivity contribution in [2.75, 3.05) is 38.1 Å². The average Bonchev–Trinajstić information content (AvgIpc) is 3.54. The van der Waals surface area contributed by atoms with Crippen molar-refractivity contribution >= 4 is 27.5 Å². The first-order valence-electron chi connectivity index (χ1n) is 14.5. The minimum atomic E-state index is -2.16. The van der Waals surface area contributed by atoms with Gasteiger partial charge in [0.05, 0.1) is 8.13 Å². The first kappa shape index (κ1) is 23.0. The molecule has 0 unspecified atom stereocenters. The molecule has 4 aromatic rings. The molecule has 8 nitrogen and oxygen atoms in total. The Morgan fingerprint density at radius 3 is 2.65 bits per heavy atom. The maximum Gasteiger partial charge on any atom is 0.319 e. The molecule has 0 amide bonds. The number of anilines is 1. The zero-order valence-electron chi connectivity index (χ0n) is 23.8. The fourth-order valence-electron chi connectivity index (χ4n) is 6.21. The Labute approximate surface area is 231 Å². The molecular formula is C29H29F3N6O2. The Bertz CT molecular complexity index is 1710. The number of halogens is 3. The minimum Gasteiger partial charge on any atom is -0.508 e. The van der Waals surface area contributed by atoms with Gasteiger partial charge in [0.1, 0.15) is 29.3 Å². The number of ether oxygens (including phenoxy) is 1. The Morgan fingerprint density at radius 1 is 1.10 bits per heavy atom. The summed E-state index contributed by atoms with van der Waals surface area (Å²) in [7, 11) is 1.82. The van der Waals surface area contributed by atoms with Crippen LogP contribution in [0.3, 0.4) is 0 Å². The Balaban J connectivity index is 1.41. The van der Waals surface area contributed by atoms with Crippen LogP contribution in [0.5, 0.6) is 11.8 Å². The molecule has 0 saturated carbocycles. The van der Waals surface area contributed by atoms with Gasteiger partial charge in [-0.3, -0.25) is 4.98 Å². The van der Waals surface area contributed by atoms with Crippen LogP contribution in [0.1, 0.15) is 28.4 Å². The third-order valence-electron chi connectivity index (χ3n) is 8.21. The number of aromatic hydroxyl groups is 1. The molecule has 0 spiro atoms. The van der Waals surface area contributed by atoms with Crippen molar-refractivity contribution in [3.8, 4) is 23.0 Å². The summed E-state index contributed by atoms with van der Waals surface area (Å²) in [5.74, 6) is -3.18. The van der Waals surface area contributed by atoms with Gasteiger partial charge in [0.25, 0.3) is 0 Å². The number of likely N-dealkylation sites (tertiary alicyclic amines) is 1. The SMILES string of the molecule is [2H]C([2H])(Oc1nc(N2C[C@H]3CC[C@@H](C2)N3)c2cnc(-c3cc(O)cc4ccc(F)c(F)c34)c(F)c2n1)[C@@H]1CCCN1C. The number of hydrogen-bond acceptors (Lipinski definition) is 8. The quantitative estimate of drug-likeness (QED) is 0.377.